The summed E-state index contributed by atoms with van der Waals surface area (Å²) in [5, 5.41) is 5.24. The average molecular weight is 495 g/mol. The van der Waals surface area contributed by atoms with E-state index in [4.69, 9.17) is 20.2 Å². The number of anilines is 1. The number of halogens is 1. The van der Waals surface area contributed by atoms with E-state index < -0.39 is 17.6 Å². The molecule has 5 rings (SSSR count). The second kappa shape index (κ2) is 9.53. The number of nitrogens with one attached hydrogen (secondary N) is 2. The fourth-order valence-corrected chi connectivity index (χ4v) is 4.22. The Morgan fingerprint density at radius 3 is 2.69 bits per heavy atom. The van der Waals surface area contributed by atoms with Gasteiger partial charge in [0.2, 0.25) is 18.1 Å². The minimum atomic E-state index is -0.915. The van der Waals surface area contributed by atoms with Crippen molar-refractivity contribution in [2.75, 3.05) is 18.5 Å². The zero-order chi connectivity index (χ0) is 24.4. The summed E-state index contributed by atoms with van der Waals surface area (Å²) < 4.78 is 25.1. The van der Waals surface area contributed by atoms with Crippen LogP contribution in [0.15, 0.2) is 54.0 Å². The maximum atomic E-state index is 13.6. The highest BCUT2D eigenvalue weighted by Gasteiger charge is 2.39. The third-order valence-electron chi connectivity index (χ3n) is 5.68. The van der Waals surface area contributed by atoms with Crippen LogP contribution in [-0.2, 0) is 20.8 Å². The van der Waals surface area contributed by atoms with Crippen LogP contribution in [0.5, 0.6) is 0 Å². The normalized spacial score (nSPS) is 20.0. The Bertz CT molecular complexity index is 1320. The van der Waals surface area contributed by atoms with Gasteiger partial charge in [0.1, 0.15) is 5.82 Å². The van der Waals surface area contributed by atoms with Crippen molar-refractivity contribution in [3.63, 3.8) is 0 Å². The smallest absolute Gasteiger partial charge is 0.228 e. The number of H-pyrrole nitrogens is 1. The molecule has 1 amide bonds. The SMILES string of the molecule is CC1(C(N)=O)COC(c2nc(-c3ccc(F)cc3)c(-c3ccnc(NCc4cccs4)n3)[nH]2)OC1. The number of nitrogens with two attached hydrogens (primary N) is 1. The Kier molecular flexibility index (Phi) is 6.29. The maximum Gasteiger partial charge on any atom is 0.228 e. The quantitative estimate of drug-likeness (QED) is 0.356. The summed E-state index contributed by atoms with van der Waals surface area (Å²) in [6, 6.07) is 11.8. The van der Waals surface area contributed by atoms with E-state index in [-0.39, 0.29) is 19.0 Å². The molecule has 4 heterocycles. The number of benzene rings is 1. The molecule has 9 nitrogen and oxygen atoms in total. The number of amides is 1. The Balaban J connectivity index is 1.46. The van der Waals surface area contributed by atoms with Gasteiger partial charge in [0.25, 0.3) is 0 Å². The van der Waals surface area contributed by atoms with Gasteiger partial charge in [-0.05, 0) is 48.7 Å². The zero-order valence-corrected chi connectivity index (χ0v) is 19.6. The third-order valence-corrected chi connectivity index (χ3v) is 6.55. The maximum absolute atomic E-state index is 13.6. The molecule has 1 aliphatic rings. The van der Waals surface area contributed by atoms with Gasteiger partial charge in [-0.2, -0.15) is 0 Å². The van der Waals surface area contributed by atoms with Crippen LogP contribution in [0.2, 0.25) is 0 Å². The predicted octanol–water partition coefficient (Wildman–Crippen LogP) is 3.88. The second-order valence-electron chi connectivity index (χ2n) is 8.43. The molecule has 11 heteroatoms. The van der Waals surface area contributed by atoms with E-state index in [2.05, 4.69) is 20.3 Å². The first kappa shape index (κ1) is 23.1. The fraction of sp³-hybridized carbons (Fsp3) is 0.250. The lowest BCUT2D eigenvalue weighted by Gasteiger charge is -2.34. The topological polar surface area (TPSA) is 128 Å². The summed E-state index contributed by atoms with van der Waals surface area (Å²) in [4.78, 5) is 29.8. The largest absolute Gasteiger partial charge is 0.369 e. The molecule has 1 fully saturated rings. The summed E-state index contributed by atoms with van der Waals surface area (Å²) in [7, 11) is 0. The number of carbonyl (C=O) groups is 1. The number of rotatable bonds is 7. The van der Waals surface area contributed by atoms with E-state index in [1.807, 2.05) is 17.5 Å². The zero-order valence-electron chi connectivity index (χ0n) is 18.8. The van der Waals surface area contributed by atoms with E-state index in [1.165, 1.54) is 12.1 Å². The summed E-state index contributed by atoms with van der Waals surface area (Å²) >= 11 is 1.64. The number of carbonyl (C=O) groups excluding carboxylic acids is 1. The molecule has 3 aromatic heterocycles. The highest BCUT2D eigenvalue weighted by atomic mass is 32.1. The average Bonchev–Trinajstić information content (AvgIpc) is 3.54. The molecule has 0 unspecified atom stereocenters. The molecule has 1 aliphatic heterocycles. The molecule has 35 heavy (non-hydrogen) atoms. The number of aromatic amines is 1. The van der Waals surface area contributed by atoms with Crippen LogP contribution in [0, 0.1) is 11.2 Å². The third kappa shape index (κ3) is 4.92. The number of aromatic nitrogens is 4. The van der Waals surface area contributed by atoms with Gasteiger partial charge in [-0.15, -0.1) is 11.3 Å². The van der Waals surface area contributed by atoms with Gasteiger partial charge in [-0.3, -0.25) is 4.79 Å². The molecule has 4 aromatic rings. The summed E-state index contributed by atoms with van der Waals surface area (Å²) in [5.74, 6) is 0.0153. The molecule has 0 radical (unpaired) electrons. The first-order valence-electron chi connectivity index (χ1n) is 10.9. The number of nitrogens with zero attached hydrogens (tertiary/aromatic N) is 3. The van der Waals surface area contributed by atoms with Crippen molar-refractivity contribution in [2.24, 2.45) is 11.1 Å². The first-order valence-corrected chi connectivity index (χ1v) is 11.8. The summed E-state index contributed by atoms with van der Waals surface area (Å²) in [6.07, 6.45) is 0.827. The van der Waals surface area contributed by atoms with Crippen molar-refractivity contribution in [2.45, 2.75) is 19.8 Å². The Labute approximate surface area is 204 Å². The lowest BCUT2D eigenvalue weighted by atomic mass is 9.91. The van der Waals surface area contributed by atoms with Crippen molar-refractivity contribution < 1.29 is 18.7 Å². The van der Waals surface area contributed by atoms with Crippen molar-refractivity contribution in [3.8, 4) is 22.6 Å². The van der Waals surface area contributed by atoms with Gasteiger partial charge >= 0.3 is 0 Å². The summed E-state index contributed by atoms with van der Waals surface area (Å²) in [5.41, 5.74) is 6.99. The van der Waals surface area contributed by atoms with Gasteiger partial charge in [-0.1, -0.05) is 6.07 Å². The number of thiophene rings is 1. The molecule has 4 N–H and O–H groups in total. The van der Waals surface area contributed by atoms with E-state index in [1.54, 1.807) is 42.7 Å². The van der Waals surface area contributed by atoms with Gasteiger partial charge in [-0.25, -0.2) is 19.3 Å². The molecule has 180 valence electrons. The Hall–Kier alpha value is -3.67. The molecule has 0 atom stereocenters. The van der Waals surface area contributed by atoms with Gasteiger partial charge in [0.05, 0.1) is 42.3 Å². The minimum absolute atomic E-state index is 0.0964. The Morgan fingerprint density at radius 1 is 1.23 bits per heavy atom. The van der Waals surface area contributed by atoms with Gasteiger partial charge < -0.3 is 25.5 Å². The van der Waals surface area contributed by atoms with Crippen molar-refractivity contribution in [1.82, 2.24) is 19.9 Å². The standard InChI is InChI=1S/C24H23FN6O3S/c1-24(22(26)32)12-33-21(34-13-24)20-30-18(14-4-6-15(25)7-5-14)19(31-20)17-8-9-27-23(29-17)28-11-16-3-2-10-35-16/h2-10,21H,11-13H2,1H3,(H2,26,32)(H,30,31)(H,27,28,29). The lowest BCUT2D eigenvalue weighted by molar-refractivity contribution is -0.230. The van der Waals surface area contributed by atoms with Crippen molar-refractivity contribution in [3.05, 3.63) is 70.6 Å². The van der Waals surface area contributed by atoms with E-state index >= 15 is 0 Å². The molecule has 0 bridgehead atoms. The highest BCUT2D eigenvalue weighted by Crippen LogP contribution is 2.35. The number of hydrogen-bond acceptors (Lipinski definition) is 8. The molecule has 0 saturated carbocycles. The van der Waals surface area contributed by atoms with Crippen molar-refractivity contribution in [1.29, 1.82) is 0 Å². The molecule has 1 saturated heterocycles. The van der Waals surface area contributed by atoms with Crippen LogP contribution in [0.25, 0.3) is 22.6 Å². The molecular weight excluding hydrogens is 471 g/mol. The minimum Gasteiger partial charge on any atom is -0.369 e. The van der Waals surface area contributed by atoms with Gasteiger partial charge in [0, 0.05) is 16.6 Å². The van der Waals surface area contributed by atoms with Crippen LogP contribution >= 0.6 is 11.3 Å². The molecule has 1 aromatic carbocycles. The first-order chi connectivity index (χ1) is 16.9. The number of ether oxygens (including phenoxy) is 2. The number of hydrogen-bond donors (Lipinski definition) is 3. The van der Waals surface area contributed by atoms with Gasteiger partial charge in [0.15, 0.2) is 5.82 Å². The van der Waals surface area contributed by atoms with E-state index in [0.29, 0.717) is 41.0 Å². The van der Waals surface area contributed by atoms with Crippen LogP contribution in [-0.4, -0.2) is 39.1 Å². The highest BCUT2D eigenvalue weighted by molar-refractivity contribution is 7.09. The Morgan fingerprint density at radius 2 is 2.00 bits per heavy atom. The van der Waals surface area contributed by atoms with Crippen LogP contribution < -0.4 is 11.1 Å². The van der Waals surface area contributed by atoms with E-state index in [0.717, 1.165) is 4.88 Å². The molecular formula is C24H23FN6O3S. The van der Waals surface area contributed by atoms with Crippen molar-refractivity contribution >= 4 is 23.2 Å². The van der Waals surface area contributed by atoms with Crippen LogP contribution in [0.3, 0.4) is 0 Å². The predicted molar refractivity (Wildman–Crippen MR) is 129 cm³/mol. The fourth-order valence-electron chi connectivity index (χ4n) is 3.58. The summed E-state index contributed by atoms with van der Waals surface area (Å²) in [6.45, 7) is 2.48. The lowest BCUT2D eigenvalue weighted by Crippen LogP contribution is -2.46. The molecule has 0 aliphatic carbocycles. The number of imidazole rings is 1. The van der Waals surface area contributed by atoms with E-state index in [9.17, 15) is 9.18 Å². The monoisotopic (exact) mass is 494 g/mol. The second-order valence-corrected chi connectivity index (χ2v) is 9.46. The number of primary amides is 1. The van der Waals surface area contributed by atoms with Crippen LogP contribution in [0.1, 0.15) is 23.9 Å². The van der Waals surface area contributed by atoms with Crippen LogP contribution in [0.4, 0.5) is 10.3 Å². The molecule has 0 spiro atoms.